The number of aromatic amines is 1. The summed E-state index contributed by atoms with van der Waals surface area (Å²) in [5, 5.41) is 16.8. The number of thiocarbonyl (C=S) groups is 1. The Morgan fingerprint density at radius 2 is 2.04 bits per heavy atom. The quantitative estimate of drug-likeness (QED) is 0.184. The van der Waals surface area contributed by atoms with E-state index in [1.54, 1.807) is 0 Å². The van der Waals surface area contributed by atoms with Crippen LogP contribution in [0.25, 0.3) is 22.2 Å². The highest BCUT2D eigenvalue weighted by molar-refractivity contribution is 7.78. The number of nitrogens with one attached hydrogen (secondary N) is 1. The summed E-state index contributed by atoms with van der Waals surface area (Å²) in [5.74, 6) is -0.348. The third-order valence-corrected chi connectivity index (χ3v) is 5.70. The molecule has 0 aliphatic carbocycles. The molecule has 0 fully saturated rings. The molecule has 0 saturated heterocycles. The molecule has 138 valence electrons. The van der Waals surface area contributed by atoms with Crippen molar-refractivity contribution in [2.24, 2.45) is 4.99 Å². The molecule has 2 aromatic heterocycles. The van der Waals surface area contributed by atoms with E-state index in [1.807, 2.05) is 66.0 Å². The van der Waals surface area contributed by atoms with E-state index in [0.717, 1.165) is 32.6 Å². The van der Waals surface area contributed by atoms with E-state index in [-0.39, 0.29) is 17.4 Å². The molecule has 0 amide bonds. The fraction of sp³-hybridized carbons (Fsp3) is 0.0952. The van der Waals surface area contributed by atoms with Gasteiger partial charge in [-0.15, -0.1) is 11.3 Å². The van der Waals surface area contributed by atoms with Gasteiger partial charge in [-0.3, -0.25) is 10.1 Å². The number of aliphatic imine (C=N–C) groups is 1. The number of rotatable bonds is 6. The van der Waals surface area contributed by atoms with Gasteiger partial charge in [0.05, 0.1) is 22.5 Å². The number of para-hydroxylation sites is 1. The third kappa shape index (κ3) is 3.51. The van der Waals surface area contributed by atoms with E-state index in [4.69, 9.17) is 12.2 Å². The Hall–Kier alpha value is -3.12. The van der Waals surface area contributed by atoms with Gasteiger partial charge >= 0.3 is 0 Å². The van der Waals surface area contributed by atoms with Crippen LogP contribution in [0.2, 0.25) is 0 Å². The van der Waals surface area contributed by atoms with Crippen molar-refractivity contribution in [2.75, 3.05) is 6.54 Å². The molecule has 4 aromatic rings. The highest BCUT2D eigenvalue weighted by Crippen LogP contribution is 2.40. The van der Waals surface area contributed by atoms with Crippen LogP contribution >= 0.6 is 23.6 Å². The zero-order valence-electron chi connectivity index (χ0n) is 14.7. The molecule has 0 aliphatic heterocycles. The van der Waals surface area contributed by atoms with E-state index in [1.165, 1.54) is 11.3 Å². The van der Waals surface area contributed by atoms with Crippen LogP contribution in [0, 0.1) is 10.1 Å². The van der Waals surface area contributed by atoms with E-state index >= 15 is 0 Å². The first kappa shape index (κ1) is 18.3. The molecule has 1 atom stereocenters. The maximum absolute atomic E-state index is 11.5. The van der Waals surface area contributed by atoms with Gasteiger partial charge in [0.1, 0.15) is 0 Å². The minimum atomic E-state index is -0.348. The first-order valence-corrected chi connectivity index (χ1v) is 9.90. The zero-order valence-corrected chi connectivity index (χ0v) is 16.3. The van der Waals surface area contributed by atoms with Crippen molar-refractivity contribution in [1.29, 1.82) is 0 Å². The number of benzene rings is 2. The number of H-pyrrole nitrogens is 1. The van der Waals surface area contributed by atoms with Crippen molar-refractivity contribution in [2.45, 2.75) is 5.92 Å². The van der Waals surface area contributed by atoms with E-state index in [9.17, 15) is 10.1 Å². The molecule has 7 heteroatoms. The molecule has 2 heterocycles. The van der Waals surface area contributed by atoms with Gasteiger partial charge in [0.25, 0.3) is 0 Å². The summed E-state index contributed by atoms with van der Waals surface area (Å²) in [6.07, 6.45) is 0. The van der Waals surface area contributed by atoms with Crippen molar-refractivity contribution in [1.82, 2.24) is 4.98 Å². The summed E-state index contributed by atoms with van der Waals surface area (Å²) in [5.41, 5.74) is 4.34. The molecule has 1 unspecified atom stereocenters. The number of nitrogens with zero attached hydrogens (tertiary/aromatic N) is 2. The highest BCUT2D eigenvalue weighted by Gasteiger charge is 2.28. The van der Waals surface area contributed by atoms with Gasteiger partial charge in [0.15, 0.2) is 0 Å². The minimum Gasteiger partial charge on any atom is -0.354 e. The van der Waals surface area contributed by atoms with Crippen LogP contribution in [0.4, 0.5) is 5.69 Å². The molecule has 2 aromatic carbocycles. The summed E-state index contributed by atoms with van der Waals surface area (Å²) in [4.78, 5) is 19.7. The Morgan fingerprint density at radius 3 is 2.79 bits per heavy atom. The second-order valence-electron chi connectivity index (χ2n) is 6.30. The summed E-state index contributed by atoms with van der Waals surface area (Å²) in [6.45, 7) is -0.173. The van der Waals surface area contributed by atoms with Crippen LogP contribution in [0.15, 0.2) is 71.0 Å². The Balaban J connectivity index is 1.98. The van der Waals surface area contributed by atoms with Crippen LogP contribution in [0.5, 0.6) is 0 Å². The Kier molecular flexibility index (Phi) is 5.12. The Labute approximate surface area is 170 Å². The number of thiophene rings is 1. The van der Waals surface area contributed by atoms with Crippen LogP contribution in [0.1, 0.15) is 16.4 Å². The second-order valence-corrected chi connectivity index (χ2v) is 7.46. The molecule has 1 N–H and O–H groups in total. The normalized spacial score (nSPS) is 11.9. The fourth-order valence-corrected chi connectivity index (χ4v) is 4.43. The van der Waals surface area contributed by atoms with Crippen molar-refractivity contribution < 1.29 is 4.92 Å². The monoisotopic (exact) mass is 405 g/mol. The maximum Gasteiger partial charge on any atom is 0.215 e. The predicted molar refractivity (Wildman–Crippen MR) is 116 cm³/mol. The number of fused-ring (bicyclic) bond motifs is 1. The number of nitro groups is 1. The number of hydrogen-bond acceptors (Lipinski definition) is 5. The van der Waals surface area contributed by atoms with Gasteiger partial charge in [-0.05, 0) is 41.9 Å². The zero-order chi connectivity index (χ0) is 19.5. The molecule has 0 aliphatic rings. The molecule has 0 spiro atoms. The molecule has 0 saturated carbocycles. The van der Waals surface area contributed by atoms with Crippen LogP contribution in [0.3, 0.4) is 0 Å². The SMILES string of the molecule is O=[N+]([O-])CC(c1cccs1)c1c(-c2cccc(N=C=S)c2)[nH]c2ccccc12. The average Bonchev–Trinajstić information content (AvgIpc) is 3.35. The molecule has 5 nitrogen and oxygen atoms in total. The summed E-state index contributed by atoms with van der Waals surface area (Å²) >= 11 is 6.25. The van der Waals surface area contributed by atoms with Crippen molar-refractivity contribution in [3.63, 3.8) is 0 Å². The van der Waals surface area contributed by atoms with Crippen molar-refractivity contribution in [3.05, 3.63) is 86.6 Å². The van der Waals surface area contributed by atoms with E-state index in [2.05, 4.69) is 15.1 Å². The van der Waals surface area contributed by atoms with Crippen LogP contribution in [-0.2, 0) is 0 Å². The van der Waals surface area contributed by atoms with Crippen LogP contribution in [-0.4, -0.2) is 21.6 Å². The number of hydrogen-bond donors (Lipinski definition) is 1. The Bertz CT molecular complexity index is 1190. The lowest BCUT2D eigenvalue weighted by Crippen LogP contribution is -2.13. The number of aromatic nitrogens is 1. The van der Waals surface area contributed by atoms with Gasteiger partial charge in [-0.25, -0.2) is 0 Å². The average molecular weight is 406 g/mol. The second kappa shape index (κ2) is 7.86. The topological polar surface area (TPSA) is 71.3 Å². The first-order valence-electron chi connectivity index (χ1n) is 8.61. The van der Waals surface area contributed by atoms with Gasteiger partial charge in [0, 0.05) is 31.8 Å². The molecule has 0 radical (unpaired) electrons. The van der Waals surface area contributed by atoms with Crippen molar-refractivity contribution in [3.8, 4) is 11.3 Å². The summed E-state index contributed by atoms with van der Waals surface area (Å²) in [7, 11) is 0. The molecule has 28 heavy (non-hydrogen) atoms. The standard InChI is InChI=1S/C21H15N3O2S2/c25-24(26)12-17(19-9-4-10-28-19)20-16-7-1-2-8-18(16)23-21(20)14-5-3-6-15(11-14)22-13-27/h1-11,17,23H,12H2. The lowest BCUT2D eigenvalue weighted by atomic mass is 9.92. The number of isothiocyanates is 1. The molecular weight excluding hydrogens is 390 g/mol. The highest BCUT2D eigenvalue weighted by atomic mass is 32.1. The van der Waals surface area contributed by atoms with Crippen LogP contribution < -0.4 is 0 Å². The molecular formula is C21H15N3O2S2. The van der Waals surface area contributed by atoms with Gasteiger partial charge in [0.2, 0.25) is 6.54 Å². The predicted octanol–water partition coefficient (Wildman–Crippen LogP) is 6.04. The third-order valence-electron chi connectivity index (χ3n) is 4.62. The lowest BCUT2D eigenvalue weighted by molar-refractivity contribution is -0.481. The maximum atomic E-state index is 11.5. The minimum absolute atomic E-state index is 0.173. The first-order chi connectivity index (χ1) is 13.7. The largest absolute Gasteiger partial charge is 0.354 e. The Morgan fingerprint density at radius 1 is 1.18 bits per heavy atom. The summed E-state index contributed by atoms with van der Waals surface area (Å²) in [6, 6.07) is 19.4. The van der Waals surface area contributed by atoms with E-state index in [0.29, 0.717) is 5.69 Å². The van der Waals surface area contributed by atoms with Gasteiger partial charge in [-0.1, -0.05) is 36.4 Å². The van der Waals surface area contributed by atoms with Gasteiger partial charge < -0.3 is 4.98 Å². The van der Waals surface area contributed by atoms with Gasteiger partial charge in [-0.2, -0.15) is 4.99 Å². The smallest absolute Gasteiger partial charge is 0.215 e. The molecule has 4 rings (SSSR count). The van der Waals surface area contributed by atoms with Crippen molar-refractivity contribution >= 4 is 45.3 Å². The summed E-state index contributed by atoms with van der Waals surface area (Å²) < 4.78 is 0. The van der Waals surface area contributed by atoms with E-state index < -0.39 is 0 Å². The lowest BCUT2D eigenvalue weighted by Gasteiger charge is -2.14. The fourth-order valence-electron chi connectivity index (χ4n) is 3.50. The molecule has 0 bridgehead atoms.